The first-order valence-corrected chi connectivity index (χ1v) is 10.3. The van der Waals surface area contributed by atoms with Crippen LogP contribution in [0.4, 0.5) is 5.82 Å². The normalized spacial score (nSPS) is 10.5. The quantitative estimate of drug-likeness (QED) is 0.449. The summed E-state index contributed by atoms with van der Waals surface area (Å²) in [6.45, 7) is 0. The molecule has 0 unspecified atom stereocenters. The van der Waals surface area contributed by atoms with Crippen molar-refractivity contribution in [1.82, 2.24) is 19.3 Å². The highest BCUT2D eigenvalue weighted by Gasteiger charge is 2.16. The molecule has 4 aromatic rings. The molecule has 0 saturated carbocycles. The first kappa shape index (κ1) is 20.3. The van der Waals surface area contributed by atoms with Gasteiger partial charge in [-0.3, -0.25) is 9.36 Å². The molecule has 4 rings (SSSR count). The van der Waals surface area contributed by atoms with Crippen LogP contribution in [-0.4, -0.2) is 38.1 Å². The molecule has 0 aliphatic rings. The van der Waals surface area contributed by atoms with Crippen molar-refractivity contribution >= 4 is 23.5 Å². The summed E-state index contributed by atoms with van der Waals surface area (Å²) < 4.78 is 8.63. The van der Waals surface area contributed by atoms with Crippen LogP contribution in [0.1, 0.15) is 5.56 Å². The number of imidazole rings is 1. The lowest BCUT2D eigenvalue weighted by Crippen LogP contribution is -2.18. The zero-order valence-corrected chi connectivity index (χ0v) is 17.4. The molecular formula is C22H18N6O2S. The standard InChI is InChI=1S/C22H18N6O2S/c1-30-19-9-7-17(8-10-19)27-12-11-24-22(27)31-15-20(29)26-21-16(13-23)14-25-28(21)18-5-3-2-4-6-18/h2-12,14H,15H2,1H3,(H,26,29). The number of carbonyl (C=O) groups is 1. The zero-order valence-electron chi connectivity index (χ0n) is 16.6. The number of rotatable bonds is 7. The number of nitriles is 1. The largest absolute Gasteiger partial charge is 0.497 e. The molecule has 2 aromatic heterocycles. The van der Waals surface area contributed by atoms with Crippen LogP contribution in [0.2, 0.25) is 0 Å². The van der Waals surface area contributed by atoms with Crippen LogP contribution in [0.25, 0.3) is 11.4 Å². The number of methoxy groups -OCH3 is 1. The summed E-state index contributed by atoms with van der Waals surface area (Å²) in [5.41, 5.74) is 1.96. The van der Waals surface area contributed by atoms with E-state index in [-0.39, 0.29) is 11.7 Å². The average molecular weight is 430 g/mol. The monoisotopic (exact) mass is 430 g/mol. The number of ether oxygens (including phenoxy) is 1. The van der Waals surface area contributed by atoms with E-state index in [0.717, 1.165) is 17.1 Å². The van der Waals surface area contributed by atoms with Crippen molar-refractivity contribution in [1.29, 1.82) is 5.26 Å². The van der Waals surface area contributed by atoms with Crippen molar-refractivity contribution in [3.63, 3.8) is 0 Å². The molecule has 1 N–H and O–H groups in total. The number of para-hydroxylation sites is 1. The third-order valence-electron chi connectivity index (χ3n) is 4.44. The van der Waals surface area contributed by atoms with Gasteiger partial charge in [0.15, 0.2) is 11.0 Å². The minimum atomic E-state index is -0.261. The summed E-state index contributed by atoms with van der Waals surface area (Å²) in [4.78, 5) is 17.0. The molecule has 2 aromatic carbocycles. The first-order valence-electron chi connectivity index (χ1n) is 9.33. The summed E-state index contributed by atoms with van der Waals surface area (Å²) in [5.74, 6) is 0.972. The Balaban J connectivity index is 1.47. The second-order valence-electron chi connectivity index (χ2n) is 6.38. The molecule has 0 aliphatic carbocycles. The molecule has 1 amide bonds. The van der Waals surface area contributed by atoms with Gasteiger partial charge in [-0.05, 0) is 36.4 Å². The van der Waals surface area contributed by atoms with Crippen LogP contribution >= 0.6 is 11.8 Å². The molecule has 0 fully saturated rings. The second kappa shape index (κ2) is 9.19. The maximum Gasteiger partial charge on any atom is 0.236 e. The molecule has 154 valence electrons. The summed E-state index contributed by atoms with van der Waals surface area (Å²) in [5, 5.41) is 17.1. The Morgan fingerprint density at radius 1 is 1.16 bits per heavy atom. The van der Waals surface area contributed by atoms with E-state index in [1.807, 2.05) is 65.4 Å². The van der Waals surface area contributed by atoms with Crippen LogP contribution in [0.15, 0.2) is 78.3 Å². The molecule has 0 saturated heterocycles. The van der Waals surface area contributed by atoms with Gasteiger partial charge in [-0.15, -0.1) is 0 Å². The van der Waals surface area contributed by atoms with Crippen molar-refractivity contribution in [3.05, 3.63) is 78.8 Å². The third kappa shape index (κ3) is 4.44. The lowest BCUT2D eigenvalue weighted by molar-refractivity contribution is -0.113. The Morgan fingerprint density at radius 3 is 2.65 bits per heavy atom. The van der Waals surface area contributed by atoms with E-state index in [1.165, 1.54) is 18.0 Å². The SMILES string of the molecule is COc1ccc(-n2ccnc2SCC(=O)Nc2c(C#N)cnn2-c2ccccc2)cc1. The van der Waals surface area contributed by atoms with Gasteiger partial charge in [0.2, 0.25) is 5.91 Å². The highest BCUT2D eigenvalue weighted by Crippen LogP contribution is 2.24. The number of benzene rings is 2. The van der Waals surface area contributed by atoms with E-state index in [4.69, 9.17) is 4.74 Å². The van der Waals surface area contributed by atoms with Gasteiger partial charge in [0.1, 0.15) is 17.4 Å². The first-order chi connectivity index (χ1) is 15.2. The molecule has 2 heterocycles. The number of nitrogens with one attached hydrogen (secondary N) is 1. The molecule has 31 heavy (non-hydrogen) atoms. The van der Waals surface area contributed by atoms with E-state index in [9.17, 15) is 10.1 Å². The predicted molar refractivity (Wildman–Crippen MR) is 118 cm³/mol. The van der Waals surface area contributed by atoms with E-state index >= 15 is 0 Å². The van der Waals surface area contributed by atoms with Crippen LogP contribution < -0.4 is 10.1 Å². The number of anilines is 1. The van der Waals surface area contributed by atoms with Gasteiger partial charge in [0.25, 0.3) is 0 Å². The van der Waals surface area contributed by atoms with Crippen LogP contribution in [-0.2, 0) is 4.79 Å². The zero-order chi connectivity index (χ0) is 21.6. The van der Waals surface area contributed by atoms with E-state index in [1.54, 1.807) is 18.0 Å². The highest BCUT2D eigenvalue weighted by atomic mass is 32.2. The summed E-state index contributed by atoms with van der Waals surface area (Å²) in [7, 11) is 1.62. The Kier molecular flexibility index (Phi) is 6.01. The Hall–Kier alpha value is -4.03. The maximum atomic E-state index is 12.7. The average Bonchev–Trinajstić information content (AvgIpc) is 3.45. The molecule has 0 aliphatic heterocycles. The number of hydrogen-bond donors (Lipinski definition) is 1. The van der Waals surface area contributed by atoms with Crippen LogP contribution in [0, 0.1) is 11.3 Å². The number of aromatic nitrogens is 4. The van der Waals surface area contributed by atoms with Gasteiger partial charge in [-0.25, -0.2) is 9.67 Å². The van der Waals surface area contributed by atoms with Crippen molar-refractivity contribution in [3.8, 4) is 23.2 Å². The van der Waals surface area contributed by atoms with Gasteiger partial charge in [0, 0.05) is 18.1 Å². The Morgan fingerprint density at radius 2 is 1.94 bits per heavy atom. The van der Waals surface area contributed by atoms with E-state index < -0.39 is 0 Å². The van der Waals surface area contributed by atoms with E-state index in [0.29, 0.717) is 16.5 Å². The molecule has 0 spiro atoms. The van der Waals surface area contributed by atoms with Crippen molar-refractivity contribution in [2.75, 3.05) is 18.2 Å². The molecule has 9 heteroatoms. The van der Waals surface area contributed by atoms with Crippen molar-refractivity contribution < 1.29 is 9.53 Å². The third-order valence-corrected chi connectivity index (χ3v) is 5.40. The lowest BCUT2D eigenvalue weighted by atomic mass is 10.3. The molecular weight excluding hydrogens is 412 g/mol. The summed E-state index contributed by atoms with van der Waals surface area (Å²) >= 11 is 1.30. The Bertz CT molecular complexity index is 1230. The van der Waals surface area contributed by atoms with Crippen LogP contribution in [0.3, 0.4) is 0 Å². The highest BCUT2D eigenvalue weighted by molar-refractivity contribution is 7.99. The fraction of sp³-hybridized carbons (Fsp3) is 0.0909. The second-order valence-corrected chi connectivity index (χ2v) is 7.32. The number of thioether (sulfide) groups is 1. The van der Waals surface area contributed by atoms with Crippen molar-refractivity contribution in [2.45, 2.75) is 5.16 Å². The number of nitrogens with zero attached hydrogens (tertiary/aromatic N) is 5. The Labute approximate surface area is 183 Å². The topological polar surface area (TPSA) is 97.8 Å². The molecule has 0 bridgehead atoms. The maximum absolute atomic E-state index is 12.7. The molecule has 8 nitrogen and oxygen atoms in total. The fourth-order valence-electron chi connectivity index (χ4n) is 2.95. The molecule has 0 atom stereocenters. The van der Waals surface area contributed by atoms with Crippen molar-refractivity contribution in [2.24, 2.45) is 0 Å². The smallest absolute Gasteiger partial charge is 0.236 e. The van der Waals surface area contributed by atoms with Gasteiger partial charge < -0.3 is 10.1 Å². The fourth-order valence-corrected chi connectivity index (χ4v) is 3.72. The predicted octanol–water partition coefficient (Wildman–Crippen LogP) is 3.67. The lowest BCUT2D eigenvalue weighted by Gasteiger charge is -2.10. The number of hydrogen-bond acceptors (Lipinski definition) is 6. The van der Waals surface area contributed by atoms with Gasteiger partial charge >= 0.3 is 0 Å². The van der Waals surface area contributed by atoms with E-state index in [2.05, 4.69) is 21.5 Å². The minimum Gasteiger partial charge on any atom is -0.497 e. The number of carbonyl (C=O) groups excluding carboxylic acids is 1. The summed E-state index contributed by atoms with van der Waals surface area (Å²) in [6, 6.07) is 19.0. The van der Waals surface area contributed by atoms with Gasteiger partial charge in [-0.2, -0.15) is 10.4 Å². The summed E-state index contributed by atoms with van der Waals surface area (Å²) in [6.07, 6.45) is 4.95. The molecule has 0 radical (unpaired) electrons. The van der Waals surface area contributed by atoms with Gasteiger partial charge in [0.05, 0.1) is 24.7 Å². The minimum absolute atomic E-state index is 0.123. The number of amides is 1. The van der Waals surface area contributed by atoms with Crippen LogP contribution in [0.5, 0.6) is 5.75 Å². The van der Waals surface area contributed by atoms with Gasteiger partial charge in [-0.1, -0.05) is 30.0 Å².